The van der Waals surface area contributed by atoms with Crippen molar-refractivity contribution in [2.45, 2.75) is 32.2 Å². The Kier molecular flexibility index (Phi) is 6.40. The largest absolute Gasteiger partial charge is 0.381 e. The lowest BCUT2D eigenvalue weighted by Crippen LogP contribution is -2.49. The smallest absolute Gasteiger partial charge is 0.216 e. The molecular weight excluding hydrogens is 240 g/mol. The van der Waals surface area contributed by atoms with Crippen molar-refractivity contribution in [3.05, 3.63) is 0 Å². The number of nitrogens with zero attached hydrogens (tertiary/aromatic N) is 1. The van der Waals surface area contributed by atoms with Crippen molar-refractivity contribution in [1.82, 2.24) is 9.62 Å². The van der Waals surface area contributed by atoms with Crippen LogP contribution in [0.2, 0.25) is 0 Å². The highest BCUT2D eigenvalue weighted by molar-refractivity contribution is 7.89. The molecule has 0 aromatic rings. The molecule has 102 valence electrons. The van der Waals surface area contributed by atoms with Crippen LogP contribution in [-0.2, 0) is 14.8 Å². The third kappa shape index (κ3) is 4.54. The molecule has 1 unspecified atom stereocenters. The standard InChI is InChI=1S/C11H24N2O3S/c1-3-16-8-9-17(14,15)13-7-5-4-6-11(13)10-12-2/h11-12H,3-10H2,1-2H3. The number of nitrogens with one attached hydrogen (secondary N) is 1. The molecular formula is C11H24N2O3S. The van der Waals surface area contributed by atoms with Gasteiger partial charge in [0.1, 0.15) is 0 Å². The SMILES string of the molecule is CCOCCS(=O)(=O)N1CCCCC1CNC. The van der Waals surface area contributed by atoms with Gasteiger partial charge in [-0.3, -0.25) is 0 Å². The van der Waals surface area contributed by atoms with Gasteiger partial charge < -0.3 is 10.1 Å². The molecule has 6 heteroatoms. The first-order valence-electron chi connectivity index (χ1n) is 6.33. The number of sulfonamides is 1. The second-order valence-electron chi connectivity index (χ2n) is 4.33. The van der Waals surface area contributed by atoms with Crippen molar-refractivity contribution in [2.75, 3.05) is 39.1 Å². The molecule has 0 spiro atoms. The molecule has 1 saturated heterocycles. The third-order valence-electron chi connectivity index (χ3n) is 3.06. The summed E-state index contributed by atoms with van der Waals surface area (Å²) >= 11 is 0. The Morgan fingerprint density at radius 2 is 2.18 bits per heavy atom. The number of ether oxygens (including phenoxy) is 1. The van der Waals surface area contributed by atoms with Crippen molar-refractivity contribution in [3.63, 3.8) is 0 Å². The fraction of sp³-hybridized carbons (Fsp3) is 1.00. The van der Waals surface area contributed by atoms with Gasteiger partial charge >= 0.3 is 0 Å². The monoisotopic (exact) mass is 264 g/mol. The average molecular weight is 264 g/mol. The Bertz CT molecular complexity index is 304. The molecule has 1 rings (SSSR count). The van der Waals surface area contributed by atoms with Crippen molar-refractivity contribution < 1.29 is 13.2 Å². The van der Waals surface area contributed by atoms with Gasteiger partial charge in [0.15, 0.2) is 0 Å². The fourth-order valence-electron chi connectivity index (χ4n) is 2.21. The van der Waals surface area contributed by atoms with Gasteiger partial charge in [0, 0.05) is 25.7 Å². The number of likely N-dealkylation sites (N-methyl/N-ethyl adjacent to an activating group) is 1. The van der Waals surface area contributed by atoms with Gasteiger partial charge in [-0.05, 0) is 26.8 Å². The molecule has 0 aliphatic carbocycles. The van der Waals surface area contributed by atoms with Crippen LogP contribution in [0.1, 0.15) is 26.2 Å². The van der Waals surface area contributed by atoms with E-state index in [4.69, 9.17) is 4.74 Å². The normalized spacial score (nSPS) is 22.8. The van der Waals surface area contributed by atoms with Crippen LogP contribution >= 0.6 is 0 Å². The van der Waals surface area contributed by atoms with Crippen molar-refractivity contribution in [2.24, 2.45) is 0 Å². The lowest BCUT2D eigenvalue weighted by atomic mass is 10.1. The summed E-state index contributed by atoms with van der Waals surface area (Å²) in [6.07, 6.45) is 3.03. The molecule has 1 aliphatic heterocycles. The van der Waals surface area contributed by atoms with Crippen LogP contribution in [0.5, 0.6) is 0 Å². The highest BCUT2D eigenvalue weighted by atomic mass is 32.2. The molecule has 1 fully saturated rings. The summed E-state index contributed by atoms with van der Waals surface area (Å²) in [7, 11) is -1.30. The van der Waals surface area contributed by atoms with Crippen LogP contribution in [-0.4, -0.2) is 57.9 Å². The predicted octanol–water partition coefficient (Wildman–Crippen LogP) is 0.427. The minimum absolute atomic E-state index is 0.0983. The van der Waals surface area contributed by atoms with E-state index >= 15 is 0 Å². The Morgan fingerprint density at radius 1 is 1.41 bits per heavy atom. The molecule has 5 nitrogen and oxygen atoms in total. The summed E-state index contributed by atoms with van der Waals surface area (Å²) in [5.74, 6) is 0.0983. The second kappa shape index (κ2) is 7.31. The molecule has 1 heterocycles. The summed E-state index contributed by atoms with van der Waals surface area (Å²) in [5, 5.41) is 3.07. The topological polar surface area (TPSA) is 58.6 Å². The lowest BCUT2D eigenvalue weighted by molar-refractivity contribution is 0.161. The summed E-state index contributed by atoms with van der Waals surface area (Å²) in [5.41, 5.74) is 0. The van der Waals surface area contributed by atoms with Crippen LogP contribution in [0.15, 0.2) is 0 Å². The zero-order valence-corrected chi connectivity index (χ0v) is 11.6. The molecule has 0 aromatic heterocycles. The third-order valence-corrected chi connectivity index (χ3v) is 4.94. The minimum atomic E-state index is -3.16. The van der Waals surface area contributed by atoms with E-state index in [1.807, 2.05) is 14.0 Å². The maximum atomic E-state index is 12.2. The molecule has 1 aliphatic rings. The second-order valence-corrected chi connectivity index (χ2v) is 6.37. The van der Waals surface area contributed by atoms with Gasteiger partial charge in [-0.25, -0.2) is 8.42 Å². The van der Waals surface area contributed by atoms with Gasteiger partial charge in [0.05, 0.1) is 12.4 Å². The quantitative estimate of drug-likeness (QED) is 0.677. The van der Waals surface area contributed by atoms with Gasteiger partial charge in [-0.2, -0.15) is 4.31 Å². The lowest BCUT2D eigenvalue weighted by Gasteiger charge is -2.34. The Hall–Kier alpha value is -0.170. The average Bonchev–Trinajstić information content (AvgIpc) is 2.30. The van der Waals surface area contributed by atoms with Gasteiger partial charge in [0.25, 0.3) is 0 Å². The molecule has 1 atom stereocenters. The number of rotatable bonds is 7. The first-order valence-corrected chi connectivity index (χ1v) is 7.94. The summed E-state index contributed by atoms with van der Waals surface area (Å²) in [6.45, 7) is 4.11. The summed E-state index contributed by atoms with van der Waals surface area (Å²) in [6, 6.07) is 0.111. The van der Waals surface area contributed by atoms with Crippen LogP contribution in [0.3, 0.4) is 0 Å². The van der Waals surface area contributed by atoms with E-state index in [9.17, 15) is 8.42 Å². The predicted molar refractivity (Wildman–Crippen MR) is 68.6 cm³/mol. The Morgan fingerprint density at radius 3 is 2.82 bits per heavy atom. The van der Waals surface area contributed by atoms with Crippen LogP contribution in [0.4, 0.5) is 0 Å². The Balaban J connectivity index is 2.59. The summed E-state index contributed by atoms with van der Waals surface area (Å²) in [4.78, 5) is 0. The van der Waals surface area contributed by atoms with Crippen molar-refractivity contribution in [1.29, 1.82) is 0 Å². The zero-order valence-electron chi connectivity index (χ0n) is 10.8. The van der Waals surface area contributed by atoms with E-state index in [2.05, 4.69) is 5.32 Å². The highest BCUT2D eigenvalue weighted by Crippen LogP contribution is 2.20. The molecule has 0 saturated carbocycles. The number of piperidine rings is 1. The number of hydrogen-bond donors (Lipinski definition) is 1. The van der Waals surface area contributed by atoms with E-state index in [-0.39, 0.29) is 11.8 Å². The van der Waals surface area contributed by atoms with Gasteiger partial charge in [-0.15, -0.1) is 0 Å². The maximum Gasteiger partial charge on any atom is 0.216 e. The zero-order chi connectivity index (χ0) is 12.7. The molecule has 0 bridgehead atoms. The summed E-state index contributed by atoms with van der Waals surface area (Å²) < 4.78 is 31.1. The van der Waals surface area contributed by atoms with E-state index in [0.29, 0.717) is 19.8 Å². The van der Waals surface area contributed by atoms with Crippen LogP contribution < -0.4 is 5.32 Å². The molecule has 0 aromatic carbocycles. The maximum absolute atomic E-state index is 12.2. The number of hydrogen-bond acceptors (Lipinski definition) is 4. The van der Waals surface area contributed by atoms with Crippen LogP contribution in [0.25, 0.3) is 0 Å². The van der Waals surface area contributed by atoms with Gasteiger partial charge in [0.2, 0.25) is 10.0 Å². The fourth-order valence-corrected chi connectivity index (χ4v) is 3.81. The van der Waals surface area contributed by atoms with Crippen molar-refractivity contribution >= 4 is 10.0 Å². The van der Waals surface area contributed by atoms with Crippen molar-refractivity contribution in [3.8, 4) is 0 Å². The van der Waals surface area contributed by atoms with E-state index in [1.165, 1.54) is 0 Å². The molecule has 0 amide bonds. The minimum Gasteiger partial charge on any atom is -0.381 e. The molecule has 0 radical (unpaired) electrons. The highest BCUT2D eigenvalue weighted by Gasteiger charge is 2.31. The Labute approximate surface area is 105 Å². The van der Waals surface area contributed by atoms with E-state index in [0.717, 1.165) is 25.8 Å². The first kappa shape index (κ1) is 14.9. The van der Waals surface area contributed by atoms with Crippen LogP contribution in [0, 0.1) is 0 Å². The van der Waals surface area contributed by atoms with E-state index in [1.54, 1.807) is 4.31 Å². The van der Waals surface area contributed by atoms with E-state index < -0.39 is 10.0 Å². The van der Waals surface area contributed by atoms with Gasteiger partial charge in [-0.1, -0.05) is 6.42 Å². The first-order chi connectivity index (χ1) is 8.11. The molecule has 17 heavy (non-hydrogen) atoms. The molecule has 1 N–H and O–H groups in total.